The van der Waals surface area contributed by atoms with E-state index in [-0.39, 0.29) is 11.9 Å². The number of nitrogens with one attached hydrogen (secondary N) is 2. The standard InChI is InChI=1S/C23H23N7O/c24-12-19(27-23(31)22-16-5-6-18(11-16)26-22)10-15-3-7-20(8-4-15)30-14-21(28-29-30)17-2-1-9-25-13-17/h1-4,7-9,13-14,16,18-19,22,26H,5-6,10-11H2,(H,27,31)/t16-,18+,19-,22-/m0/s1. The number of aromatic nitrogens is 4. The van der Waals surface area contributed by atoms with Crippen molar-refractivity contribution >= 4 is 5.91 Å². The van der Waals surface area contributed by atoms with Gasteiger partial charge in [-0.2, -0.15) is 5.26 Å². The highest BCUT2D eigenvalue weighted by molar-refractivity contribution is 5.83. The third kappa shape index (κ3) is 4.05. The number of nitriles is 1. The fraction of sp³-hybridized carbons (Fsp3) is 0.348. The zero-order valence-corrected chi connectivity index (χ0v) is 17.0. The van der Waals surface area contributed by atoms with E-state index in [4.69, 9.17) is 0 Å². The number of hydrogen-bond donors (Lipinski definition) is 2. The molecule has 1 aliphatic carbocycles. The average molecular weight is 413 g/mol. The van der Waals surface area contributed by atoms with Gasteiger partial charge in [-0.1, -0.05) is 17.3 Å². The van der Waals surface area contributed by atoms with E-state index in [2.05, 4.69) is 32.0 Å². The summed E-state index contributed by atoms with van der Waals surface area (Å²) in [6.07, 6.45) is 9.10. The van der Waals surface area contributed by atoms with Gasteiger partial charge in [-0.15, -0.1) is 5.10 Å². The summed E-state index contributed by atoms with van der Waals surface area (Å²) in [4.78, 5) is 16.7. The van der Waals surface area contributed by atoms with Crippen LogP contribution in [-0.4, -0.2) is 44.0 Å². The van der Waals surface area contributed by atoms with Gasteiger partial charge in [0.25, 0.3) is 0 Å². The van der Waals surface area contributed by atoms with Crippen molar-refractivity contribution in [3.8, 4) is 23.0 Å². The zero-order chi connectivity index (χ0) is 21.2. The number of pyridine rings is 1. The summed E-state index contributed by atoms with van der Waals surface area (Å²) in [5.41, 5.74) is 3.50. The second-order valence-corrected chi connectivity index (χ2v) is 8.27. The molecule has 3 heterocycles. The second-order valence-electron chi connectivity index (χ2n) is 8.27. The normalized spacial score (nSPS) is 22.7. The van der Waals surface area contributed by atoms with Crippen molar-refractivity contribution in [2.75, 3.05) is 0 Å². The molecular formula is C23H23N7O. The molecule has 0 spiro atoms. The molecule has 3 aromatic rings. The fourth-order valence-electron chi connectivity index (χ4n) is 4.60. The Labute approximate surface area is 180 Å². The monoisotopic (exact) mass is 413 g/mol. The smallest absolute Gasteiger partial charge is 0.238 e. The van der Waals surface area contributed by atoms with Crippen LogP contribution in [0.25, 0.3) is 16.9 Å². The van der Waals surface area contributed by atoms with Crippen molar-refractivity contribution < 1.29 is 4.79 Å². The molecule has 1 saturated heterocycles. The third-order valence-electron chi connectivity index (χ3n) is 6.21. The SMILES string of the molecule is N#C[C@H](Cc1ccc(-n2cc(-c3cccnc3)nn2)cc1)NC(=O)[C@H]1N[C@@H]2CC[C@H]1C2. The molecule has 2 aromatic heterocycles. The van der Waals surface area contributed by atoms with Crippen molar-refractivity contribution in [1.82, 2.24) is 30.6 Å². The predicted octanol–water partition coefficient (Wildman–Crippen LogP) is 2.02. The lowest BCUT2D eigenvalue weighted by Crippen LogP contribution is -2.50. The van der Waals surface area contributed by atoms with Gasteiger partial charge < -0.3 is 10.6 Å². The van der Waals surface area contributed by atoms with Crippen molar-refractivity contribution in [3.05, 3.63) is 60.6 Å². The Morgan fingerprint density at radius 2 is 2.16 bits per heavy atom. The molecule has 0 unspecified atom stereocenters. The molecule has 2 bridgehead atoms. The van der Waals surface area contributed by atoms with Gasteiger partial charge in [0, 0.05) is 30.4 Å². The Morgan fingerprint density at radius 1 is 1.29 bits per heavy atom. The lowest BCUT2D eigenvalue weighted by molar-refractivity contribution is -0.124. The number of benzene rings is 1. The molecule has 8 nitrogen and oxygen atoms in total. The van der Waals surface area contributed by atoms with E-state index in [0.29, 0.717) is 18.4 Å². The van der Waals surface area contributed by atoms with Crippen LogP contribution in [0.2, 0.25) is 0 Å². The minimum Gasteiger partial charge on any atom is -0.339 e. The van der Waals surface area contributed by atoms with Crippen LogP contribution in [0.1, 0.15) is 24.8 Å². The molecule has 1 amide bonds. The molecule has 0 radical (unpaired) electrons. The van der Waals surface area contributed by atoms with Gasteiger partial charge in [-0.3, -0.25) is 9.78 Å². The first kappa shape index (κ1) is 19.4. The van der Waals surface area contributed by atoms with E-state index in [9.17, 15) is 10.1 Å². The Balaban J connectivity index is 1.22. The van der Waals surface area contributed by atoms with Gasteiger partial charge >= 0.3 is 0 Å². The summed E-state index contributed by atoms with van der Waals surface area (Å²) in [6.45, 7) is 0. The number of piperidine rings is 1. The molecule has 31 heavy (non-hydrogen) atoms. The van der Waals surface area contributed by atoms with Crippen molar-refractivity contribution in [1.29, 1.82) is 5.26 Å². The van der Waals surface area contributed by atoms with E-state index in [1.807, 2.05) is 42.6 Å². The van der Waals surface area contributed by atoms with E-state index >= 15 is 0 Å². The highest BCUT2D eigenvalue weighted by Crippen LogP contribution is 2.35. The Morgan fingerprint density at radius 3 is 2.84 bits per heavy atom. The number of fused-ring (bicyclic) bond motifs is 2. The Hall–Kier alpha value is -3.57. The van der Waals surface area contributed by atoms with Crippen LogP contribution in [0, 0.1) is 17.2 Å². The van der Waals surface area contributed by atoms with Gasteiger partial charge in [-0.25, -0.2) is 4.68 Å². The molecule has 1 aromatic carbocycles. The first-order chi connectivity index (χ1) is 15.2. The van der Waals surface area contributed by atoms with Crippen molar-refractivity contribution in [2.45, 2.75) is 43.8 Å². The minimum absolute atomic E-state index is 0.0547. The first-order valence-electron chi connectivity index (χ1n) is 10.6. The maximum absolute atomic E-state index is 12.6. The van der Waals surface area contributed by atoms with Gasteiger partial charge in [0.2, 0.25) is 5.91 Å². The Kier molecular flexibility index (Phi) is 5.18. The quantitative estimate of drug-likeness (QED) is 0.640. The molecule has 1 saturated carbocycles. The number of carbonyl (C=O) groups is 1. The highest BCUT2D eigenvalue weighted by atomic mass is 16.2. The predicted molar refractivity (Wildman–Crippen MR) is 114 cm³/mol. The number of nitrogens with zero attached hydrogens (tertiary/aromatic N) is 5. The third-order valence-corrected chi connectivity index (χ3v) is 6.21. The molecule has 2 N–H and O–H groups in total. The number of amides is 1. The summed E-state index contributed by atoms with van der Waals surface area (Å²) in [5, 5.41) is 24.2. The van der Waals surface area contributed by atoms with Gasteiger partial charge in [0.1, 0.15) is 11.7 Å². The Bertz CT molecular complexity index is 1100. The van der Waals surface area contributed by atoms with E-state index < -0.39 is 6.04 Å². The number of rotatable bonds is 6. The maximum Gasteiger partial charge on any atom is 0.238 e. The topological polar surface area (TPSA) is 109 Å². The van der Waals surface area contributed by atoms with Crippen LogP contribution in [0.4, 0.5) is 0 Å². The highest BCUT2D eigenvalue weighted by Gasteiger charge is 2.43. The lowest BCUT2D eigenvalue weighted by Gasteiger charge is -2.23. The van der Waals surface area contributed by atoms with Crippen LogP contribution in [-0.2, 0) is 11.2 Å². The van der Waals surface area contributed by atoms with Gasteiger partial charge in [0.15, 0.2) is 0 Å². The van der Waals surface area contributed by atoms with Crippen LogP contribution in [0.15, 0.2) is 55.0 Å². The van der Waals surface area contributed by atoms with Crippen LogP contribution >= 0.6 is 0 Å². The average Bonchev–Trinajstić information content (AvgIpc) is 3.57. The van der Waals surface area contributed by atoms with Crippen molar-refractivity contribution in [2.24, 2.45) is 5.92 Å². The fourth-order valence-corrected chi connectivity index (χ4v) is 4.60. The molecule has 2 aliphatic rings. The van der Waals surface area contributed by atoms with E-state index in [0.717, 1.165) is 41.8 Å². The molecule has 8 heteroatoms. The molecule has 1 aliphatic heterocycles. The summed E-state index contributed by atoms with van der Waals surface area (Å²) in [7, 11) is 0. The first-order valence-corrected chi connectivity index (χ1v) is 10.6. The van der Waals surface area contributed by atoms with Gasteiger partial charge in [-0.05, 0) is 55.0 Å². The summed E-state index contributed by atoms with van der Waals surface area (Å²) in [5.74, 6) is 0.351. The lowest BCUT2D eigenvalue weighted by atomic mass is 9.98. The van der Waals surface area contributed by atoms with Crippen LogP contribution < -0.4 is 10.6 Å². The number of hydrogen-bond acceptors (Lipinski definition) is 6. The van der Waals surface area contributed by atoms with E-state index in [1.165, 1.54) is 0 Å². The van der Waals surface area contributed by atoms with Gasteiger partial charge in [0.05, 0.1) is 24.0 Å². The number of carbonyl (C=O) groups excluding carboxylic acids is 1. The largest absolute Gasteiger partial charge is 0.339 e. The zero-order valence-electron chi connectivity index (χ0n) is 17.0. The maximum atomic E-state index is 12.6. The van der Waals surface area contributed by atoms with Crippen LogP contribution in [0.3, 0.4) is 0 Å². The van der Waals surface area contributed by atoms with E-state index in [1.54, 1.807) is 17.1 Å². The summed E-state index contributed by atoms with van der Waals surface area (Å²) >= 11 is 0. The molecule has 4 atom stereocenters. The summed E-state index contributed by atoms with van der Waals surface area (Å²) in [6, 6.07) is 13.6. The molecule has 2 fully saturated rings. The second kappa shape index (κ2) is 8.28. The minimum atomic E-state index is -0.553. The molecule has 5 rings (SSSR count). The van der Waals surface area contributed by atoms with Crippen molar-refractivity contribution in [3.63, 3.8) is 0 Å². The van der Waals surface area contributed by atoms with Crippen LogP contribution in [0.5, 0.6) is 0 Å². The molecular weight excluding hydrogens is 390 g/mol. The summed E-state index contributed by atoms with van der Waals surface area (Å²) < 4.78 is 1.70. The molecule has 156 valence electrons.